The molecule has 0 aliphatic rings. The van der Waals surface area contributed by atoms with Gasteiger partial charge >= 0.3 is 5.69 Å². The van der Waals surface area contributed by atoms with E-state index < -0.39 is 11.6 Å². The van der Waals surface area contributed by atoms with E-state index in [0.29, 0.717) is 16.3 Å². The van der Waals surface area contributed by atoms with Crippen molar-refractivity contribution < 1.29 is 4.79 Å². The van der Waals surface area contributed by atoms with Gasteiger partial charge in [-0.1, -0.05) is 29.8 Å². The van der Waals surface area contributed by atoms with Crippen LogP contribution in [-0.2, 0) is 0 Å². The molecular formula is C20H16ClN5O2. The molecule has 0 unspecified atom stereocenters. The zero-order valence-corrected chi connectivity index (χ0v) is 15.9. The molecule has 0 radical (unpaired) electrons. The fourth-order valence-electron chi connectivity index (χ4n) is 3.02. The maximum atomic E-state index is 12.7. The van der Waals surface area contributed by atoms with E-state index >= 15 is 0 Å². The number of aryl methyl sites for hydroxylation is 2. The Balaban J connectivity index is 2.07. The number of hydrogen-bond donors (Lipinski definition) is 2. The van der Waals surface area contributed by atoms with Crippen molar-refractivity contribution in [2.75, 3.05) is 0 Å². The number of halogens is 1. The zero-order valence-electron chi connectivity index (χ0n) is 15.2. The van der Waals surface area contributed by atoms with Gasteiger partial charge in [-0.3, -0.25) is 4.79 Å². The number of nitrogens with one attached hydrogen (secondary N) is 1. The normalized spacial score (nSPS) is 11.1. The van der Waals surface area contributed by atoms with Crippen LogP contribution in [0.3, 0.4) is 0 Å². The lowest BCUT2D eigenvalue weighted by molar-refractivity contribution is 0.0997. The molecule has 0 fully saturated rings. The number of primary amides is 1. The second kappa shape index (κ2) is 6.61. The second-order valence-corrected chi connectivity index (χ2v) is 6.94. The number of aromatic nitrogens is 4. The summed E-state index contributed by atoms with van der Waals surface area (Å²) in [6, 6.07) is 12.5. The number of benzene rings is 2. The minimum atomic E-state index is -0.760. The lowest BCUT2D eigenvalue weighted by Crippen LogP contribution is -2.15. The van der Waals surface area contributed by atoms with Gasteiger partial charge in [-0.05, 0) is 49.2 Å². The Morgan fingerprint density at radius 2 is 1.89 bits per heavy atom. The average Bonchev–Trinajstić information content (AvgIpc) is 2.98. The van der Waals surface area contributed by atoms with Gasteiger partial charge in [0.2, 0.25) is 0 Å². The van der Waals surface area contributed by atoms with Crippen molar-refractivity contribution in [1.82, 2.24) is 19.5 Å². The molecule has 2 aromatic carbocycles. The van der Waals surface area contributed by atoms with E-state index in [2.05, 4.69) is 15.0 Å². The number of imidazole rings is 1. The molecule has 0 saturated carbocycles. The molecular weight excluding hydrogens is 378 g/mol. The monoisotopic (exact) mass is 393 g/mol. The molecule has 0 bridgehead atoms. The van der Waals surface area contributed by atoms with Crippen molar-refractivity contribution in [3.8, 4) is 17.1 Å². The summed E-state index contributed by atoms with van der Waals surface area (Å²) >= 11 is 6.07. The van der Waals surface area contributed by atoms with Crippen LogP contribution < -0.4 is 11.4 Å². The molecule has 4 aromatic rings. The smallest absolute Gasteiger partial charge is 0.332 e. The van der Waals surface area contributed by atoms with Crippen LogP contribution in [0.15, 0.2) is 47.3 Å². The van der Waals surface area contributed by atoms with Gasteiger partial charge in [0.15, 0.2) is 17.2 Å². The van der Waals surface area contributed by atoms with Gasteiger partial charge in [0.25, 0.3) is 5.91 Å². The summed E-state index contributed by atoms with van der Waals surface area (Å²) in [6.45, 7) is 3.95. The summed E-state index contributed by atoms with van der Waals surface area (Å²) in [5, 5.41) is 0.502. The van der Waals surface area contributed by atoms with Crippen molar-refractivity contribution in [3.63, 3.8) is 0 Å². The number of amides is 1. The Labute approximate surface area is 164 Å². The molecule has 2 heterocycles. The van der Waals surface area contributed by atoms with Crippen LogP contribution in [0, 0.1) is 13.8 Å². The lowest BCUT2D eigenvalue weighted by atomic mass is 10.1. The van der Waals surface area contributed by atoms with Crippen LogP contribution in [0.4, 0.5) is 0 Å². The second-order valence-electron chi connectivity index (χ2n) is 6.50. The molecule has 140 valence electrons. The summed E-state index contributed by atoms with van der Waals surface area (Å²) in [6.07, 6.45) is 0. The van der Waals surface area contributed by atoms with Crippen LogP contribution in [-0.4, -0.2) is 25.4 Å². The van der Waals surface area contributed by atoms with Crippen molar-refractivity contribution in [2.24, 2.45) is 5.73 Å². The SMILES string of the molecule is Cc1ccc(-n2c(=O)[nH]c3c(C(N)=O)nc(-c4cccc(Cl)c4)nc32)cc1C. The molecule has 28 heavy (non-hydrogen) atoms. The highest BCUT2D eigenvalue weighted by atomic mass is 35.5. The number of rotatable bonds is 3. The predicted molar refractivity (Wildman–Crippen MR) is 108 cm³/mol. The number of nitrogens with two attached hydrogens (primary N) is 1. The average molecular weight is 394 g/mol. The highest BCUT2D eigenvalue weighted by molar-refractivity contribution is 6.30. The molecule has 2 aromatic heterocycles. The predicted octanol–water partition coefficient (Wildman–Crippen LogP) is 3.14. The largest absolute Gasteiger partial charge is 0.364 e. The first-order valence-corrected chi connectivity index (χ1v) is 8.89. The summed E-state index contributed by atoms with van der Waals surface area (Å²) in [5.74, 6) is -0.510. The minimum absolute atomic E-state index is 0.0559. The van der Waals surface area contributed by atoms with Crippen LogP contribution in [0.1, 0.15) is 21.6 Å². The fourth-order valence-corrected chi connectivity index (χ4v) is 3.21. The van der Waals surface area contributed by atoms with Crippen molar-refractivity contribution in [3.05, 3.63) is 74.8 Å². The first-order valence-electron chi connectivity index (χ1n) is 8.51. The lowest BCUT2D eigenvalue weighted by Gasteiger charge is -2.08. The van der Waals surface area contributed by atoms with Crippen molar-refractivity contribution in [2.45, 2.75) is 13.8 Å². The van der Waals surface area contributed by atoms with Gasteiger partial charge in [0, 0.05) is 10.6 Å². The number of hydrogen-bond acceptors (Lipinski definition) is 4. The third kappa shape index (κ3) is 2.95. The number of carbonyl (C=O) groups excluding carboxylic acids is 1. The molecule has 0 spiro atoms. The van der Waals surface area contributed by atoms with Gasteiger partial charge < -0.3 is 10.7 Å². The number of nitrogens with zero attached hydrogens (tertiary/aromatic N) is 3. The molecule has 0 saturated heterocycles. The molecule has 0 aliphatic heterocycles. The maximum Gasteiger partial charge on any atom is 0.332 e. The van der Waals surface area contributed by atoms with Crippen molar-refractivity contribution in [1.29, 1.82) is 0 Å². The van der Waals surface area contributed by atoms with Gasteiger partial charge in [0.05, 0.1) is 5.69 Å². The molecule has 0 aliphatic carbocycles. The summed E-state index contributed by atoms with van der Waals surface area (Å²) in [4.78, 5) is 36.1. The minimum Gasteiger partial charge on any atom is -0.364 e. The fraction of sp³-hybridized carbons (Fsp3) is 0.100. The van der Waals surface area contributed by atoms with Gasteiger partial charge in [-0.2, -0.15) is 0 Å². The van der Waals surface area contributed by atoms with Crippen LogP contribution in [0.25, 0.3) is 28.2 Å². The Morgan fingerprint density at radius 1 is 1.11 bits per heavy atom. The van der Waals surface area contributed by atoms with Gasteiger partial charge in [-0.15, -0.1) is 0 Å². The van der Waals surface area contributed by atoms with Crippen LogP contribution in [0.5, 0.6) is 0 Å². The number of aromatic amines is 1. The van der Waals surface area contributed by atoms with Crippen molar-refractivity contribution >= 4 is 28.7 Å². The van der Waals surface area contributed by atoms with E-state index in [9.17, 15) is 9.59 Å². The quantitative estimate of drug-likeness (QED) is 0.557. The van der Waals surface area contributed by atoms with E-state index in [1.165, 1.54) is 4.57 Å². The van der Waals surface area contributed by atoms with E-state index in [-0.39, 0.29) is 22.7 Å². The molecule has 1 amide bonds. The summed E-state index contributed by atoms with van der Waals surface area (Å²) < 4.78 is 1.41. The van der Waals surface area contributed by atoms with Crippen LogP contribution >= 0.6 is 11.6 Å². The van der Waals surface area contributed by atoms with Gasteiger partial charge in [-0.25, -0.2) is 19.3 Å². The number of fused-ring (bicyclic) bond motifs is 1. The third-order valence-electron chi connectivity index (χ3n) is 4.60. The van der Waals surface area contributed by atoms with E-state index in [0.717, 1.165) is 11.1 Å². The first kappa shape index (κ1) is 17.9. The number of H-pyrrole nitrogens is 1. The molecule has 4 rings (SSSR count). The first-order chi connectivity index (χ1) is 13.3. The third-order valence-corrected chi connectivity index (χ3v) is 4.84. The Bertz CT molecular complexity index is 1310. The number of carbonyl (C=O) groups is 1. The molecule has 7 nitrogen and oxygen atoms in total. The maximum absolute atomic E-state index is 12.7. The topological polar surface area (TPSA) is 107 Å². The van der Waals surface area contributed by atoms with E-state index in [1.807, 2.05) is 32.0 Å². The standard InChI is InChI=1S/C20H16ClN5O2/c1-10-6-7-14(8-11(10)2)26-19-16(24-20(26)28)15(17(22)27)23-18(25-19)12-4-3-5-13(21)9-12/h3-9H,1-2H3,(H2,22,27)(H,24,28). The zero-order chi connectivity index (χ0) is 20.0. The molecule has 3 N–H and O–H groups in total. The van der Waals surface area contributed by atoms with E-state index in [1.54, 1.807) is 24.3 Å². The Morgan fingerprint density at radius 3 is 2.57 bits per heavy atom. The highest BCUT2D eigenvalue weighted by Crippen LogP contribution is 2.24. The highest BCUT2D eigenvalue weighted by Gasteiger charge is 2.20. The van der Waals surface area contributed by atoms with E-state index in [4.69, 9.17) is 17.3 Å². The summed E-state index contributed by atoms with van der Waals surface area (Å²) in [5.41, 5.74) is 8.86. The molecule has 0 atom stereocenters. The van der Waals surface area contributed by atoms with Crippen LogP contribution in [0.2, 0.25) is 5.02 Å². The molecule has 8 heteroatoms. The Hall–Kier alpha value is -3.45. The Kier molecular flexibility index (Phi) is 4.24. The summed E-state index contributed by atoms with van der Waals surface area (Å²) in [7, 11) is 0. The van der Waals surface area contributed by atoms with Gasteiger partial charge in [0.1, 0.15) is 5.52 Å².